The Bertz CT molecular complexity index is 840. The molecule has 0 saturated carbocycles. The monoisotopic (exact) mass is 381 g/mol. The number of imide groups is 1. The third kappa shape index (κ3) is 4.46. The number of fused-ring (bicyclic) bond motifs is 1. The van der Waals surface area contributed by atoms with Gasteiger partial charge in [0.25, 0.3) is 11.8 Å². The molecule has 146 valence electrons. The zero-order valence-corrected chi connectivity index (χ0v) is 16.0. The van der Waals surface area contributed by atoms with Crippen molar-refractivity contribution in [3.8, 4) is 5.75 Å². The van der Waals surface area contributed by atoms with E-state index in [1.807, 2.05) is 12.1 Å². The Morgan fingerprint density at radius 3 is 2.14 bits per heavy atom. The second kappa shape index (κ2) is 8.80. The summed E-state index contributed by atoms with van der Waals surface area (Å²) < 4.78 is 10.6. The maximum atomic E-state index is 12.4. The molecule has 0 fully saturated rings. The fraction of sp³-hybridized carbons (Fsp3) is 0.318. The third-order valence-corrected chi connectivity index (χ3v) is 4.77. The number of hydrogen-bond donors (Lipinski definition) is 0. The van der Waals surface area contributed by atoms with Gasteiger partial charge in [0.2, 0.25) is 0 Å². The zero-order chi connectivity index (χ0) is 20.1. The number of amides is 2. The first kappa shape index (κ1) is 19.8. The summed E-state index contributed by atoms with van der Waals surface area (Å²) in [4.78, 5) is 37.1. The van der Waals surface area contributed by atoms with E-state index < -0.39 is 0 Å². The maximum absolute atomic E-state index is 12.4. The number of carbonyl (C=O) groups excluding carboxylic acids is 3. The highest BCUT2D eigenvalue weighted by Gasteiger charge is 2.34. The zero-order valence-electron chi connectivity index (χ0n) is 16.0. The van der Waals surface area contributed by atoms with Crippen LogP contribution in [0.5, 0.6) is 5.75 Å². The highest BCUT2D eigenvalue weighted by atomic mass is 16.5. The Kier molecular flexibility index (Phi) is 6.21. The average Bonchev–Trinajstić information content (AvgIpc) is 2.93. The van der Waals surface area contributed by atoms with E-state index in [0.717, 1.165) is 12.0 Å². The molecule has 1 atom stereocenters. The Hall–Kier alpha value is -2.99. The number of carbonyl (C=O) groups is 3. The van der Waals surface area contributed by atoms with Crippen molar-refractivity contribution in [2.75, 3.05) is 13.7 Å². The number of esters is 1. The van der Waals surface area contributed by atoms with Crippen LogP contribution in [0.1, 0.15) is 46.0 Å². The lowest BCUT2D eigenvalue weighted by molar-refractivity contribution is -0.131. The van der Waals surface area contributed by atoms with Crippen molar-refractivity contribution in [3.63, 3.8) is 0 Å². The van der Waals surface area contributed by atoms with Crippen LogP contribution in [0.25, 0.3) is 0 Å². The van der Waals surface area contributed by atoms with E-state index >= 15 is 0 Å². The molecule has 1 aliphatic rings. The molecule has 1 heterocycles. The van der Waals surface area contributed by atoms with E-state index in [0.29, 0.717) is 36.3 Å². The van der Waals surface area contributed by atoms with Crippen LogP contribution in [0.3, 0.4) is 0 Å². The molecule has 0 aliphatic carbocycles. The molecule has 1 unspecified atom stereocenters. The standard InChI is InChI=1S/C22H23NO5/c1-15(24)28-17-11-9-16(10-12-17)14-18(27-2)6-5-13-23-21(25)19-7-3-4-8-20(19)22(23)26/h3-4,7-12,18H,5-6,13-14H2,1-2H3. The van der Waals surface area contributed by atoms with Crippen LogP contribution in [0.4, 0.5) is 0 Å². The Labute approximate surface area is 164 Å². The first-order valence-corrected chi connectivity index (χ1v) is 9.25. The quantitative estimate of drug-likeness (QED) is 0.399. The third-order valence-electron chi connectivity index (χ3n) is 4.77. The van der Waals surface area contributed by atoms with Gasteiger partial charge in [0, 0.05) is 20.6 Å². The van der Waals surface area contributed by atoms with Crippen molar-refractivity contribution < 1.29 is 23.9 Å². The molecule has 0 saturated heterocycles. The second-order valence-corrected chi connectivity index (χ2v) is 6.75. The van der Waals surface area contributed by atoms with Crippen LogP contribution in [0.2, 0.25) is 0 Å². The molecule has 1 aliphatic heterocycles. The number of nitrogens with zero attached hydrogens (tertiary/aromatic N) is 1. The van der Waals surface area contributed by atoms with Gasteiger partial charge in [-0.3, -0.25) is 19.3 Å². The lowest BCUT2D eigenvalue weighted by atomic mass is 10.0. The van der Waals surface area contributed by atoms with E-state index in [1.54, 1.807) is 43.5 Å². The molecule has 2 aromatic rings. The van der Waals surface area contributed by atoms with Gasteiger partial charge >= 0.3 is 5.97 Å². The van der Waals surface area contributed by atoms with Gasteiger partial charge in [-0.2, -0.15) is 0 Å². The largest absolute Gasteiger partial charge is 0.427 e. The number of ether oxygens (including phenoxy) is 2. The van der Waals surface area contributed by atoms with Crippen LogP contribution >= 0.6 is 0 Å². The summed E-state index contributed by atoms with van der Waals surface area (Å²) in [5.41, 5.74) is 2.01. The molecule has 0 N–H and O–H groups in total. The number of hydrogen-bond acceptors (Lipinski definition) is 5. The minimum atomic E-state index is -0.351. The average molecular weight is 381 g/mol. The van der Waals surface area contributed by atoms with Gasteiger partial charge in [0.1, 0.15) is 5.75 Å². The highest BCUT2D eigenvalue weighted by Crippen LogP contribution is 2.23. The fourth-order valence-electron chi connectivity index (χ4n) is 3.34. The number of rotatable bonds is 8. The second-order valence-electron chi connectivity index (χ2n) is 6.75. The Morgan fingerprint density at radius 1 is 1.00 bits per heavy atom. The Balaban J connectivity index is 1.51. The first-order valence-electron chi connectivity index (χ1n) is 9.25. The molecule has 0 bridgehead atoms. The minimum Gasteiger partial charge on any atom is -0.427 e. The molecular weight excluding hydrogens is 358 g/mol. The van der Waals surface area contributed by atoms with Gasteiger partial charge in [-0.15, -0.1) is 0 Å². The first-order chi connectivity index (χ1) is 13.5. The minimum absolute atomic E-state index is 0.0326. The molecule has 6 heteroatoms. The van der Waals surface area contributed by atoms with Crippen LogP contribution < -0.4 is 4.74 Å². The van der Waals surface area contributed by atoms with Gasteiger partial charge in [-0.1, -0.05) is 24.3 Å². The summed E-state index contributed by atoms with van der Waals surface area (Å²) >= 11 is 0. The van der Waals surface area contributed by atoms with Crippen molar-refractivity contribution in [3.05, 3.63) is 65.2 Å². The van der Waals surface area contributed by atoms with Crippen LogP contribution in [0, 0.1) is 0 Å². The summed E-state index contributed by atoms with van der Waals surface area (Å²) in [5.74, 6) is -0.294. The van der Waals surface area contributed by atoms with Crippen molar-refractivity contribution in [2.45, 2.75) is 32.3 Å². The van der Waals surface area contributed by atoms with Gasteiger partial charge in [0.15, 0.2) is 0 Å². The lowest BCUT2D eigenvalue weighted by Crippen LogP contribution is -2.31. The van der Waals surface area contributed by atoms with Crippen molar-refractivity contribution in [2.24, 2.45) is 0 Å². The summed E-state index contributed by atoms with van der Waals surface area (Å²) in [7, 11) is 1.65. The summed E-state index contributed by atoms with van der Waals surface area (Å²) in [6.07, 6.45) is 2.04. The predicted octanol–water partition coefficient (Wildman–Crippen LogP) is 3.25. The fourth-order valence-corrected chi connectivity index (χ4v) is 3.34. The van der Waals surface area contributed by atoms with Gasteiger partial charge in [0.05, 0.1) is 17.2 Å². The molecule has 28 heavy (non-hydrogen) atoms. The summed E-state index contributed by atoms with van der Waals surface area (Å²) in [5, 5.41) is 0. The van der Waals surface area contributed by atoms with Crippen LogP contribution in [0.15, 0.2) is 48.5 Å². The normalized spacial score (nSPS) is 14.1. The highest BCUT2D eigenvalue weighted by molar-refractivity contribution is 6.21. The Morgan fingerprint density at radius 2 is 1.61 bits per heavy atom. The molecule has 0 spiro atoms. The number of methoxy groups -OCH3 is 1. The van der Waals surface area contributed by atoms with E-state index in [2.05, 4.69) is 0 Å². The molecule has 0 radical (unpaired) electrons. The molecule has 2 aromatic carbocycles. The maximum Gasteiger partial charge on any atom is 0.308 e. The predicted molar refractivity (Wildman–Crippen MR) is 103 cm³/mol. The number of benzene rings is 2. The van der Waals surface area contributed by atoms with E-state index in [1.165, 1.54) is 11.8 Å². The molecule has 3 rings (SSSR count). The van der Waals surface area contributed by atoms with E-state index in [9.17, 15) is 14.4 Å². The molecule has 2 amide bonds. The van der Waals surface area contributed by atoms with Crippen molar-refractivity contribution in [1.82, 2.24) is 4.90 Å². The van der Waals surface area contributed by atoms with E-state index in [4.69, 9.17) is 9.47 Å². The SMILES string of the molecule is COC(CCCN1C(=O)c2ccccc2C1=O)Cc1ccc(OC(C)=O)cc1. The topological polar surface area (TPSA) is 72.9 Å². The molecular formula is C22H23NO5. The van der Waals surface area contributed by atoms with Gasteiger partial charge < -0.3 is 9.47 Å². The van der Waals surface area contributed by atoms with Crippen molar-refractivity contribution in [1.29, 1.82) is 0 Å². The lowest BCUT2D eigenvalue weighted by Gasteiger charge is -2.18. The van der Waals surface area contributed by atoms with Crippen LogP contribution in [-0.4, -0.2) is 42.4 Å². The van der Waals surface area contributed by atoms with Gasteiger partial charge in [-0.25, -0.2) is 0 Å². The van der Waals surface area contributed by atoms with Crippen LogP contribution in [-0.2, 0) is 16.0 Å². The molecule has 6 nitrogen and oxygen atoms in total. The summed E-state index contributed by atoms with van der Waals surface area (Å²) in [6.45, 7) is 1.74. The van der Waals surface area contributed by atoms with Crippen molar-refractivity contribution >= 4 is 17.8 Å². The van der Waals surface area contributed by atoms with E-state index in [-0.39, 0.29) is 23.9 Å². The smallest absolute Gasteiger partial charge is 0.308 e. The summed E-state index contributed by atoms with van der Waals surface area (Å²) in [6, 6.07) is 14.2. The molecule has 0 aromatic heterocycles. The van der Waals surface area contributed by atoms with Gasteiger partial charge in [-0.05, 0) is 49.1 Å².